The Morgan fingerprint density at radius 2 is 1.94 bits per heavy atom. The van der Waals surface area contributed by atoms with Crippen LogP contribution in [0.3, 0.4) is 0 Å². The summed E-state index contributed by atoms with van der Waals surface area (Å²) in [6.07, 6.45) is 0. The van der Waals surface area contributed by atoms with Gasteiger partial charge in [0.1, 0.15) is 11.6 Å². The Bertz CT molecular complexity index is 368. The number of aliphatic hydroxyl groups excluding tert-OH is 1. The van der Waals surface area contributed by atoms with Crippen LogP contribution in [0.1, 0.15) is 25.5 Å². The van der Waals surface area contributed by atoms with E-state index in [1.54, 1.807) is 7.05 Å². The molecule has 0 radical (unpaired) electrons. The van der Waals surface area contributed by atoms with E-state index in [1.807, 2.05) is 13.8 Å². The van der Waals surface area contributed by atoms with Gasteiger partial charge in [-0.05, 0) is 31.2 Å². The number of hydrogen-bond donors (Lipinski definition) is 2. The van der Waals surface area contributed by atoms with Gasteiger partial charge in [-0.3, -0.25) is 0 Å². The highest BCUT2D eigenvalue weighted by Gasteiger charge is 2.26. The zero-order valence-corrected chi connectivity index (χ0v) is 10.4. The van der Waals surface area contributed by atoms with Gasteiger partial charge in [-0.2, -0.15) is 0 Å². The first kappa shape index (κ1) is 14.1. The van der Waals surface area contributed by atoms with Crippen LogP contribution in [0.15, 0.2) is 18.2 Å². The quantitative estimate of drug-likeness (QED) is 0.832. The van der Waals surface area contributed by atoms with Crippen molar-refractivity contribution >= 4 is 0 Å². The highest BCUT2D eigenvalue weighted by atomic mass is 19.1. The van der Waals surface area contributed by atoms with Crippen molar-refractivity contribution in [1.29, 1.82) is 0 Å². The monoisotopic (exact) mass is 243 g/mol. The Labute approximate surface area is 101 Å². The van der Waals surface area contributed by atoms with E-state index in [0.717, 1.165) is 12.1 Å². The van der Waals surface area contributed by atoms with Crippen LogP contribution >= 0.6 is 0 Å². The van der Waals surface area contributed by atoms with Crippen LogP contribution in [0.25, 0.3) is 0 Å². The van der Waals surface area contributed by atoms with Gasteiger partial charge in [0, 0.05) is 24.1 Å². The summed E-state index contributed by atoms with van der Waals surface area (Å²) in [6.45, 7) is 3.82. The molecule has 2 N–H and O–H groups in total. The lowest BCUT2D eigenvalue weighted by Crippen LogP contribution is -2.32. The normalized spacial score (nSPS) is 15.0. The molecule has 0 spiro atoms. The first-order chi connectivity index (χ1) is 8.01. The number of hydrogen-bond acceptors (Lipinski definition) is 2. The molecule has 1 aromatic rings. The molecule has 0 bridgehead atoms. The van der Waals surface area contributed by atoms with E-state index in [2.05, 4.69) is 5.32 Å². The molecule has 0 aliphatic carbocycles. The summed E-state index contributed by atoms with van der Waals surface area (Å²) in [6, 6.07) is 3.00. The molecule has 1 rings (SSSR count). The van der Waals surface area contributed by atoms with Gasteiger partial charge in [-0.15, -0.1) is 0 Å². The van der Waals surface area contributed by atoms with E-state index in [0.29, 0.717) is 0 Å². The number of halogens is 2. The summed E-state index contributed by atoms with van der Waals surface area (Å²) in [5.41, 5.74) is 0.264. The maximum absolute atomic E-state index is 13.7. The molecule has 0 aliphatic rings. The minimum absolute atomic E-state index is 0.0703. The van der Waals surface area contributed by atoms with Crippen molar-refractivity contribution in [3.63, 3.8) is 0 Å². The molecule has 96 valence electrons. The maximum atomic E-state index is 13.7. The van der Waals surface area contributed by atoms with Crippen molar-refractivity contribution in [2.24, 2.45) is 11.8 Å². The molecule has 0 aliphatic heterocycles. The predicted molar refractivity (Wildman–Crippen MR) is 63.6 cm³/mol. The van der Waals surface area contributed by atoms with Gasteiger partial charge in [-0.25, -0.2) is 8.78 Å². The third kappa shape index (κ3) is 3.23. The van der Waals surface area contributed by atoms with Crippen LogP contribution in [0.5, 0.6) is 0 Å². The number of nitrogens with one attached hydrogen (secondary N) is 1. The van der Waals surface area contributed by atoms with Crippen LogP contribution in [0.2, 0.25) is 0 Å². The van der Waals surface area contributed by atoms with Crippen molar-refractivity contribution in [2.45, 2.75) is 19.9 Å². The summed E-state index contributed by atoms with van der Waals surface area (Å²) in [5, 5.41) is 12.3. The molecule has 2 atom stereocenters. The minimum Gasteiger partial charge on any atom is -0.396 e. The fourth-order valence-electron chi connectivity index (χ4n) is 2.05. The highest BCUT2D eigenvalue weighted by molar-refractivity contribution is 5.23. The number of aliphatic hydroxyl groups is 1. The average Bonchev–Trinajstić information content (AvgIpc) is 2.28. The molecule has 0 aromatic heterocycles. The molecular weight excluding hydrogens is 224 g/mol. The first-order valence-corrected chi connectivity index (χ1v) is 5.74. The Morgan fingerprint density at radius 3 is 2.41 bits per heavy atom. The zero-order valence-electron chi connectivity index (χ0n) is 10.4. The molecule has 17 heavy (non-hydrogen) atoms. The largest absolute Gasteiger partial charge is 0.396 e. The average molecular weight is 243 g/mol. The van der Waals surface area contributed by atoms with Crippen molar-refractivity contribution in [2.75, 3.05) is 13.7 Å². The van der Waals surface area contributed by atoms with Crippen molar-refractivity contribution in [1.82, 2.24) is 5.32 Å². The summed E-state index contributed by atoms with van der Waals surface area (Å²) in [4.78, 5) is 0. The fourth-order valence-corrected chi connectivity index (χ4v) is 2.05. The van der Waals surface area contributed by atoms with E-state index in [1.165, 1.54) is 6.07 Å². The minimum atomic E-state index is -0.470. The van der Waals surface area contributed by atoms with Crippen molar-refractivity contribution in [3.05, 3.63) is 35.4 Å². The smallest absolute Gasteiger partial charge is 0.128 e. The van der Waals surface area contributed by atoms with Gasteiger partial charge in [0.05, 0.1) is 0 Å². The van der Waals surface area contributed by atoms with E-state index in [4.69, 9.17) is 0 Å². The zero-order chi connectivity index (χ0) is 13.0. The molecule has 0 fully saturated rings. The van der Waals surface area contributed by atoms with E-state index in [9.17, 15) is 13.9 Å². The lowest BCUT2D eigenvalue weighted by Gasteiger charge is -2.29. The van der Waals surface area contributed by atoms with E-state index >= 15 is 0 Å². The van der Waals surface area contributed by atoms with Gasteiger partial charge in [0.2, 0.25) is 0 Å². The van der Waals surface area contributed by atoms with Gasteiger partial charge in [0.15, 0.2) is 0 Å². The molecule has 4 heteroatoms. The van der Waals surface area contributed by atoms with E-state index < -0.39 is 17.7 Å². The number of rotatable bonds is 5. The highest BCUT2D eigenvalue weighted by Crippen LogP contribution is 2.29. The van der Waals surface area contributed by atoms with E-state index in [-0.39, 0.29) is 24.0 Å². The maximum Gasteiger partial charge on any atom is 0.128 e. The summed E-state index contributed by atoms with van der Waals surface area (Å²) < 4.78 is 26.8. The first-order valence-electron chi connectivity index (χ1n) is 5.74. The second-order valence-corrected chi connectivity index (χ2v) is 4.52. The summed E-state index contributed by atoms with van der Waals surface area (Å²) in [7, 11) is 1.68. The lowest BCUT2D eigenvalue weighted by molar-refractivity contribution is 0.152. The SMILES string of the molecule is CNC(c1cc(F)ccc1F)C(CO)C(C)C. The molecule has 0 saturated carbocycles. The molecule has 2 unspecified atom stereocenters. The third-order valence-corrected chi connectivity index (χ3v) is 3.10. The van der Waals surface area contributed by atoms with Gasteiger partial charge < -0.3 is 10.4 Å². The van der Waals surface area contributed by atoms with Gasteiger partial charge in [-0.1, -0.05) is 13.8 Å². The topological polar surface area (TPSA) is 32.3 Å². The second kappa shape index (κ2) is 6.07. The van der Waals surface area contributed by atoms with Crippen LogP contribution in [0, 0.1) is 23.5 Å². The predicted octanol–water partition coefficient (Wildman–Crippen LogP) is 2.49. The lowest BCUT2D eigenvalue weighted by atomic mass is 9.85. The molecule has 0 heterocycles. The fraction of sp³-hybridized carbons (Fsp3) is 0.538. The Balaban J connectivity index is 3.11. The molecule has 0 amide bonds. The molecular formula is C13H19F2NO. The van der Waals surface area contributed by atoms with Crippen LogP contribution < -0.4 is 5.32 Å². The van der Waals surface area contributed by atoms with Crippen LogP contribution in [-0.4, -0.2) is 18.8 Å². The molecule has 2 nitrogen and oxygen atoms in total. The van der Waals surface area contributed by atoms with Gasteiger partial charge >= 0.3 is 0 Å². The molecule has 1 aromatic carbocycles. The Kier molecular flexibility index (Phi) is 5.02. The third-order valence-electron chi connectivity index (χ3n) is 3.10. The number of benzene rings is 1. The van der Waals surface area contributed by atoms with Crippen LogP contribution in [0.4, 0.5) is 8.78 Å². The van der Waals surface area contributed by atoms with Crippen molar-refractivity contribution in [3.8, 4) is 0 Å². The van der Waals surface area contributed by atoms with Crippen LogP contribution in [-0.2, 0) is 0 Å². The van der Waals surface area contributed by atoms with Gasteiger partial charge in [0.25, 0.3) is 0 Å². The second-order valence-electron chi connectivity index (χ2n) is 4.52. The summed E-state index contributed by atoms with van der Waals surface area (Å²) in [5.74, 6) is -0.914. The Morgan fingerprint density at radius 1 is 1.29 bits per heavy atom. The van der Waals surface area contributed by atoms with Crippen molar-refractivity contribution < 1.29 is 13.9 Å². The standard InChI is InChI=1S/C13H19F2NO/c1-8(2)11(7-17)13(16-3)10-6-9(14)4-5-12(10)15/h4-6,8,11,13,16-17H,7H2,1-3H3. The Hall–Kier alpha value is -1.00. The molecule has 0 saturated heterocycles. The summed E-state index contributed by atoms with van der Waals surface area (Å²) >= 11 is 0.